The molecule has 0 aliphatic carbocycles. The fourth-order valence-corrected chi connectivity index (χ4v) is 0.496. The van der Waals surface area contributed by atoms with Crippen molar-refractivity contribution in [2.75, 3.05) is 6.54 Å². The minimum atomic E-state index is 0.863. The van der Waals surface area contributed by atoms with Crippen LogP contribution in [0.3, 0.4) is 0 Å². The molecular formula is C6H8N. The van der Waals surface area contributed by atoms with Crippen molar-refractivity contribution in [3.8, 4) is 0 Å². The van der Waals surface area contributed by atoms with E-state index in [1.807, 2.05) is 12.3 Å². The van der Waals surface area contributed by atoms with Crippen molar-refractivity contribution in [1.29, 1.82) is 0 Å². The molecular weight excluding hydrogens is 86.1 g/mol. The summed E-state index contributed by atoms with van der Waals surface area (Å²) >= 11 is 0. The molecule has 0 aromatic heterocycles. The normalized spacial score (nSPS) is 18.1. The maximum atomic E-state index is 3.97. The smallest absolute Gasteiger partial charge is 0.0575 e. The van der Waals surface area contributed by atoms with Gasteiger partial charge in [0, 0.05) is 6.20 Å². The summed E-state index contributed by atoms with van der Waals surface area (Å²) in [5.41, 5.74) is 1.31. The molecule has 0 amide bonds. The van der Waals surface area contributed by atoms with E-state index in [1.54, 1.807) is 0 Å². The summed E-state index contributed by atoms with van der Waals surface area (Å²) in [7, 11) is 0. The molecule has 1 heterocycles. The molecule has 0 bridgehead atoms. The third-order valence-corrected chi connectivity index (χ3v) is 0.962. The summed E-state index contributed by atoms with van der Waals surface area (Å²) in [5, 5.41) is 3.97. The predicted molar refractivity (Wildman–Crippen MR) is 29.9 cm³/mol. The Morgan fingerprint density at radius 2 is 2.57 bits per heavy atom. The Balaban J connectivity index is 2.58. The van der Waals surface area contributed by atoms with Gasteiger partial charge in [0.15, 0.2) is 0 Å². The second-order valence-electron chi connectivity index (χ2n) is 1.63. The summed E-state index contributed by atoms with van der Waals surface area (Å²) in [5.74, 6) is 0. The second-order valence-corrected chi connectivity index (χ2v) is 1.63. The minimum absolute atomic E-state index is 0.863. The Kier molecular flexibility index (Phi) is 1.16. The van der Waals surface area contributed by atoms with E-state index in [1.165, 1.54) is 5.57 Å². The van der Waals surface area contributed by atoms with Crippen LogP contribution in [0.2, 0.25) is 0 Å². The van der Waals surface area contributed by atoms with Gasteiger partial charge in [-0.3, -0.25) is 5.32 Å². The Labute approximate surface area is 43.7 Å². The molecule has 1 aliphatic rings. The third-order valence-electron chi connectivity index (χ3n) is 0.962. The largest absolute Gasteiger partial charge is 0.289 e. The molecule has 0 fully saturated rings. The number of hydrogen-bond acceptors (Lipinski definition) is 0. The highest BCUT2D eigenvalue weighted by molar-refractivity contribution is 5.18. The zero-order valence-corrected chi connectivity index (χ0v) is 4.39. The average Bonchev–Trinajstić information content (AvgIpc) is 1.69. The van der Waals surface area contributed by atoms with Crippen LogP contribution in [0.25, 0.3) is 0 Å². The van der Waals surface area contributed by atoms with E-state index >= 15 is 0 Å². The van der Waals surface area contributed by atoms with Crippen LogP contribution < -0.4 is 5.32 Å². The number of nitrogens with zero attached hydrogens (tertiary/aromatic N) is 1. The maximum Gasteiger partial charge on any atom is 0.0575 e. The lowest BCUT2D eigenvalue weighted by Crippen LogP contribution is -1.98. The van der Waals surface area contributed by atoms with Gasteiger partial charge < -0.3 is 0 Å². The number of allylic oxidation sites excluding steroid dienone is 2. The zero-order chi connectivity index (χ0) is 5.11. The van der Waals surface area contributed by atoms with E-state index in [0.29, 0.717) is 0 Å². The molecule has 1 aliphatic heterocycles. The Morgan fingerprint density at radius 1 is 1.71 bits per heavy atom. The summed E-state index contributed by atoms with van der Waals surface area (Å²) in [6, 6.07) is 0. The fourth-order valence-electron chi connectivity index (χ4n) is 0.496. The van der Waals surface area contributed by atoms with E-state index in [4.69, 9.17) is 0 Å². The lowest BCUT2D eigenvalue weighted by molar-refractivity contribution is 0.939. The third kappa shape index (κ3) is 1.07. The molecule has 0 spiro atoms. The molecule has 1 radical (unpaired) electrons. The van der Waals surface area contributed by atoms with Crippen LogP contribution in [0.1, 0.15) is 6.92 Å². The van der Waals surface area contributed by atoms with Crippen LogP contribution in [0.15, 0.2) is 23.9 Å². The molecule has 0 N–H and O–H groups in total. The van der Waals surface area contributed by atoms with Crippen LogP contribution in [0, 0.1) is 0 Å². The van der Waals surface area contributed by atoms with Gasteiger partial charge >= 0.3 is 0 Å². The van der Waals surface area contributed by atoms with E-state index < -0.39 is 0 Å². The second kappa shape index (κ2) is 1.82. The van der Waals surface area contributed by atoms with Gasteiger partial charge in [-0.05, 0) is 13.0 Å². The van der Waals surface area contributed by atoms with Crippen molar-refractivity contribution in [3.05, 3.63) is 23.9 Å². The molecule has 0 unspecified atom stereocenters. The molecule has 0 aromatic rings. The topological polar surface area (TPSA) is 14.1 Å². The summed E-state index contributed by atoms with van der Waals surface area (Å²) in [4.78, 5) is 0. The summed E-state index contributed by atoms with van der Waals surface area (Å²) in [6.45, 7) is 2.94. The molecule has 7 heavy (non-hydrogen) atoms. The molecule has 1 heteroatoms. The molecule has 1 nitrogen and oxygen atoms in total. The van der Waals surface area contributed by atoms with Gasteiger partial charge in [-0.1, -0.05) is 11.6 Å². The van der Waals surface area contributed by atoms with Crippen molar-refractivity contribution in [3.63, 3.8) is 0 Å². The van der Waals surface area contributed by atoms with Gasteiger partial charge in [0.05, 0.1) is 6.54 Å². The molecule has 0 aromatic carbocycles. The van der Waals surface area contributed by atoms with Gasteiger partial charge in [0.1, 0.15) is 0 Å². The van der Waals surface area contributed by atoms with Gasteiger partial charge in [0.25, 0.3) is 0 Å². The van der Waals surface area contributed by atoms with Crippen LogP contribution in [-0.2, 0) is 0 Å². The first-order valence-electron chi connectivity index (χ1n) is 2.39. The number of rotatable bonds is 0. The quantitative estimate of drug-likeness (QED) is 0.426. The fraction of sp³-hybridized carbons (Fsp3) is 0.333. The molecule has 1 rings (SSSR count). The van der Waals surface area contributed by atoms with Gasteiger partial charge in [0.2, 0.25) is 0 Å². The van der Waals surface area contributed by atoms with Crippen LogP contribution in [0.4, 0.5) is 0 Å². The van der Waals surface area contributed by atoms with Gasteiger partial charge in [-0.15, -0.1) is 0 Å². The van der Waals surface area contributed by atoms with Gasteiger partial charge in [-0.2, -0.15) is 0 Å². The number of hydrogen-bond donors (Lipinski definition) is 0. The monoisotopic (exact) mass is 94.1 g/mol. The van der Waals surface area contributed by atoms with Crippen molar-refractivity contribution < 1.29 is 0 Å². The minimum Gasteiger partial charge on any atom is -0.289 e. The maximum absolute atomic E-state index is 3.97. The SMILES string of the molecule is CC1=CC[N]C=C1. The molecule has 0 atom stereocenters. The first-order valence-corrected chi connectivity index (χ1v) is 2.39. The van der Waals surface area contributed by atoms with Gasteiger partial charge in [-0.25, -0.2) is 0 Å². The zero-order valence-electron chi connectivity index (χ0n) is 4.39. The lowest BCUT2D eigenvalue weighted by atomic mass is 10.2. The lowest BCUT2D eigenvalue weighted by Gasteiger charge is -1.97. The Hall–Kier alpha value is -0.720. The molecule has 0 saturated heterocycles. The summed E-state index contributed by atoms with van der Waals surface area (Å²) in [6.07, 6.45) is 5.94. The van der Waals surface area contributed by atoms with Crippen LogP contribution in [0.5, 0.6) is 0 Å². The van der Waals surface area contributed by atoms with Crippen molar-refractivity contribution >= 4 is 0 Å². The molecule has 0 saturated carbocycles. The Morgan fingerprint density at radius 3 is 2.86 bits per heavy atom. The van der Waals surface area contributed by atoms with E-state index in [-0.39, 0.29) is 0 Å². The first-order chi connectivity index (χ1) is 3.39. The van der Waals surface area contributed by atoms with E-state index in [0.717, 1.165) is 6.54 Å². The van der Waals surface area contributed by atoms with Crippen molar-refractivity contribution in [2.24, 2.45) is 0 Å². The highest BCUT2D eigenvalue weighted by Gasteiger charge is 1.86. The average molecular weight is 94.1 g/mol. The Bertz CT molecular complexity index is 111. The molecule has 37 valence electrons. The van der Waals surface area contributed by atoms with Crippen molar-refractivity contribution in [2.45, 2.75) is 6.92 Å². The summed E-state index contributed by atoms with van der Waals surface area (Å²) < 4.78 is 0. The standard InChI is InChI=1S/C6H8N/c1-6-2-4-7-5-3-6/h2-4H,5H2,1H3. The highest BCUT2D eigenvalue weighted by atomic mass is 14.8. The predicted octanol–water partition coefficient (Wildman–Crippen LogP) is 1.06. The first kappa shape index (κ1) is 4.44. The van der Waals surface area contributed by atoms with Crippen LogP contribution >= 0.6 is 0 Å². The van der Waals surface area contributed by atoms with E-state index in [9.17, 15) is 0 Å². The van der Waals surface area contributed by atoms with E-state index in [2.05, 4.69) is 18.3 Å². The van der Waals surface area contributed by atoms with Crippen molar-refractivity contribution in [1.82, 2.24) is 5.32 Å². The van der Waals surface area contributed by atoms with Crippen LogP contribution in [-0.4, -0.2) is 6.54 Å². The highest BCUT2D eigenvalue weighted by Crippen LogP contribution is 1.96.